The van der Waals surface area contributed by atoms with Gasteiger partial charge in [0.1, 0.15) is 0 Å². The van der Waals surface area contributed by atoms with Gasteiger partial charge >= 0.3 is 0 Å². The number of amides is 2. The van der Waals surface area contributed by atoms with E-state index in [0.717, 1.165) is 0 Å². The highest BCUT2D eigenvalue weighted by molar-refractivity contribution is 6.34. The molecule has 1 heterocycles. The van der Waals surface area contributed by atoms with Crippen LogP contribution in [0, 0.1) is 5.41 Å². The molecule has 2 atom stereocenters. The summed E-state index contributed by atoms with van der Waals surface area (Å²) in [5.74, 6) is -0.425. The summed E-state index contributed by atoms with van der Waals surface area (Å²) >= 11 is 6.06. The number of carbonyl (C=O) groups is 2. The van der Waals surface area contributed by atoms with Crippen LogP contribution in [0.5, 0.6) is 0 Å². The summed E-state index contributed by atoms with van der Waals surface area (Å²) in [4.78, 5) is 23.3. The summed E-state index contributed by atoms with van der Waals surface area (Å²) in [5, 5.41) is 5.73. The van der Waals surface area contributed by atoms with Crippen molar-refractivity contribution < 1.29 is 14.3 Å². The Balaban J connectivity index is 2.11. The monoisotopic (exact) mass is 311 g/mol. The predicted octanol–water partition coefficient (Wildman–Crippen LogP) is 1.60. The van der Waals surface area contributed by atoms with Gasteiger partial charge in [-0.3, -0.25) is 9.59 Å². The lowest BCUT2D eigenvalue weighted by atomic mass is 9.85. The molecule has 2 unspecified atom stereocenters. The molecule has 0 radical (unpaired) electrons. The van der Waals surface area contributed by atoms with Crippen molar-refractivity contribution in [2.45, 2.75) is 19.9 Å². The quantitative estimate of drug-likeness (QED) is 0.790. The third kappa shape index (κ3) is 3.34. The van der Waals surface area contributed by atoms with Gasteiger partial charge in [-0.05, 0) is 25.1 Å². The van der Waals surface area contributed by atoms with E-state index in [4.69, 9.17) is 22.1 Å². The van der Waals surface area contributed by atoms with Crippen LogP contribution >= 0.6 is 11.6 Å². The van der Waals surface area contributed by atoms with Crippen molar-refractivity contribution in [2.75, 3.05) is 23.8 Å². The van der Waals surface area contributed by atoms with Crippen LogP contribution in [0.2, 0.25) is 5.02 Å². The van der Waals surface area contributed by atoms with Gasteiger partial charge in [0, 0.05) is 18.7 Å². The van der Waals surface area contributed by atoms with E-state index in [0.29, 0.717) is 23.0 Å². The van der Waals surface area contributed by atoms with Gasteiger partial charge in [0.05, 0.1) is 29.3 Å². The maximum absolute atomic E-state index is 12.3. The smallest absolute Gasteiger partial charge is 0.234 e. The van der Waals surface area contributed by atoms with Crippen molar-refractivity contribution in [1.29, 1.82) is 0 Å². The molecule has 4 N–H and O–H groups in total. The SMILES string of the molecule is CC(=O)Nc1ccc(NC(=O)C2(C)COCC2N)cc1Cl. The van der Waals surface area contributed by atoms with Crippen molar-refractivity contribution >= 4 is 34.8 Å². The molecule has 0 saturated carbocycles. The van der Waals surface area contributed by atoms with E-state index in [9.17, 15) is 9.59 Å². The molecule has 0 spiro atoms. The Bertz CT molecular complexity index is 579. The largest absolute Gasteiger partial charge is 0.379 e. The number of halogens is 1. The van der Waals surface area contributed by atoms with Crippen molar-refractivity contribution in [3.8, 4) is 0 Å². The number of nitrogens with one attached hydrogen (secondary N) is 2. The van der Waals surface area contributed by atoms with Gasteiger partial charge in [0.25, 0.3) is 0 Å². The second-order valence-electron chi connectivity index (χ2n) is 5.37. The average molecular weight is 312 g/mol. The second kappa shape index (κ2) is 6.01. The number of nitrogens with two attached hydrogens (primary N) is 1. The van der Waals surface area contributed by atoms with Crippen LogP contribution in [-0.2, 0) is 14.3 Å². The minimum absolute atomic E-state index is 0.212. The minimum atomic E-state index is -0.761. The van der Waals surface area contributed by atoms with Crippen LogP contribution in [0.1, 0.15) is 13.8 Å². The van der Waals surface area contributed by atoms with Gasteiger partial charge in [0.2, 0.25) is 11.8 Å². The van der Waals surface area contributed by atoms with E-state index in [1.807, 2.05) is 0 Å². The highest BCUT2D eigenvalue weighted by Gasteiger charge is 2.44. The molecule has 1 aromatic carbocycles. The normalized spacial score (nSPS) is 24.7. The highest BCUT2D eigenvalue weighted by Crippen LogP contribution is 2.30. The molecule has 114 valence electrons. The van der Waals surface area contributed by atoms with E-state index >= 15 is 0 Å². The Hall–Kier alpha value is -1.63. The number of carbonyl (C=O) groups excluding carboxylic acids is 2. The molecule has 2 rings (SSSR count). The maximum Gasteiger partial charge on any atom is 0.234 e. The van der Waals surface area contributed by atoms with Crippen LogP contribution in [0.4, 0.5) is 11.4 Å². The Morgan fingerprint density at radius 2 is 2.14 bits per heavy atom. The zero-order chi connectivity index (χ0) is 15.6. The Morgan fingerprint density at radius 1 is 1.43 bits per heavy atom. The fraction of sp³-hybridized carbons (Fsp3) is 0.429. The average Bonchev–Trinajstić information content (AvgIpc) is 2.74. The summed E-state index contributed by atoms with van der Waals surface area (Å²) in [7, 11) is 0. The zero-order valence-corrected chi connectivity index (χ0v) is 12.7. The van der Waals surface area contributed by atoms with Crippen molar-refractivity contribution in [3.05, 3.63) is 23.2 Å². The molecular weight excluding hydrogens is 294 g/mol. The summed E-state index contributed by atoms with van der Waals surface area (Å²) in [6.45, 7) is 3.82. The predicted molar refractivity (Wildman–Crippen MR) is 81.3 cm³/mol. The highest BCUT2D eigenvalue weighted by atomic mass is 35.5. The number of anilines is 2. The topological polar surface area (TPSA) is 93.5 Å². The van der Waals surface area contributed by atoms with E-state index < -0.39 is 5.41 Å². The molecule has 0 aromatic heterocycles. The van der Waals surface area contributed by atoms with Gasteiger partial charge < -0.3 is 21.1 Å². The van der Waals surface area contributed by atoms with Crippen LogP contribution in [0.15, 0.2) is 18.2 Å². The van der Waals surface area contributed by atoms with Crippen LogP contribution < -0.4 is 16.4 Å². The van der Waals surface area contributed by atoms with E-state index in [1.165, 1.54) is 6.92 Å². The molecule has 21 heavy (non-hydrogen) atoms. The van der Waals surface area contributed by atoms with Gasteiger partial charge in [-0.25, -0.2) is 0 Å². The molecule has 6 nitrogen and oxygen atoms in total. The molecular formula is C14H18ClN3O3. The standard InChI is InChI=1S/C14H18ClN3O3/c1-8(19)17-11-4-3-9(5-10(11)15)18-13(20)14(2)7-21-6-12(14)16/h3-5,12H,6-7,16H2,1-2H3,(H,17,19)(H,18,20). The fourth-order valence-electron chi connectivity index (χ4n) is 2.08. The second-order valence-corrected chi connectivity index (χ2v) is 5.78. The summed E-state index contributed by atoms with van der Waals surface area (Å²) in [6.07, 6.45) is 0. The lowest BCUT2D eigenvalue weighted by molar-refractivity contribution is -0.125. The van der Waals surface area contributed by atoms with Gasteiger partial charge in [0.15, 0.2) is 0 Å². The minimum Gasteiger partial charge on any atom is -0.379 e. The lowest BCUT2D eigenvalue weighted by Crippen LogP contribution is -2.47. The molecule has 1 aromatic rings. The van der Waals surface area contributed by atoms with Crippen LogP contribution in [-0.4, -0.2) is 31.1 Å². The number of hydrogen-bond donors (Lipinski definition) is 3. The molecule has 0 aliphatic carbocycles. The molecule has 2 amide bonds. The van der Waals surface area contributed by atoms with E-state index in [1.54, 1.807) is 25.1 Å². The molecule has 0 bridgehead atoms. The number of benzene rings is 1. The Labute approximate surface area is 128 Å². The Kier molecular flexibility index (Phi) is 4.51. The molecule has 7 heteroatoms. The maximum atomic E-state index is 12.3. The molecule has 1 aliphatic rings. The van der Waals surface area contributed by atoms with Crippen molar-refractivity contribution in [3.63, 3.8) is 0 Å². The third-order valence-corrected chi connectivity index (χ3v) is 3.89. The van der Waals surface area contributed by atoms with E-state index in [-0.39, 0.29) is 24.5 Å². The molecule has 1 fully saturated rings. The first kappa shape index (κ1) is 15.8. The number of rotatable bonds is 3. The summed E-state index contributed by atoms with van der Waals surface area (Å²) in [5.41, 5.74) is 6.19. The third-order valence-electron chi connectivity index (χ3n) is 3.57. The zero-order valence-electron chi connectivity index (χ0n) is 11.9. The first-order chi connectivity index (χ1) is 9.83. The number of ether oxygens (including phenoxy) is 1. The Morgan fingerprint density at radius 3 is 2.67 bits per heavy atom. The van der Waals surface area contributed by atoms with Crippen LogP contribution in [0.25, 0.3) is 0 Å². The van der Waals surface area contributed by atoms with Crippen molar-refractivity contribution in [1.82, 2.24) is 0 Å². The molecule has 1 saturated heterocycles. The van der Waals surface area contributed by atoms with E-state index in [2.05, 4.69) is 10.6 Å². The summed E-state index contributed by atoms with van der Waals surface area (Å²) < 4.78 is 5.26. The lowest BCUT2D eigenvalue weighted by Gasteiger charge is -2.25. The first-order valence-corrected chi connectivity index (χ1v) is 6.92. The van der Waals surface area contributed by atoms with Gasteiger partial charge in [-0.15, -0.1) is 0 Å². The van der Waals surface area contributed by atoms with Gasteiger partial charge in [-0.1, -0.05) is 11.6 Å². The first-order valence-electron chi connectivity index (χ1n) is 6.55. The number of hydrogen-bond acceptors (Lipinski definition) is 4. The summed E-state index contributed by atoms with van der Waals surface area (Å²) in [6, 6.07) is 4.54. The van der Waals surface area contributed by atoms with Gasteiger partial charge in [-0.2, -0.15) is 0 Å². The van der Waals surface area contributed by atoms with Crippen LogP contribution in [0.3, 0.4) is 0 Å². The molecule has 1 aliphatic heterocycles. The fourth-order valence-corrected chi connectivity index (χ4v) is 2.31. The van der Waals surface area contributed by atoms with Crippen molar-refractivity contribution in [2.24, 2.45) is 11.1 Å².